The predicted octanol–water partition coefficient (Wildman–Crippen LogP) is 2.74. The van der Waals surface area contributed by atoms with Gasteiger partial charge in [-0.1, -0.05) is 42.5 Å². The van der Waals surface area contributed by atoms with E-state index in [4.69, 9.17) is 4.74 Å². The fourth-order valence-corrected chi connectivity index (χ4v) is 5.53. The summed E-state index contributed by atoms with van der Waals surface area (Å²) in [6, 6.07) is 9.29. The van der Waals surface area contributed by atoms with E-state index in [0.717, 1.165) is 18.4 Å². The van der Waals surface area contributed by atoms with Crippen molar-refractivity contribution < 1.29 is 23.9 Å². The number of nitrogens with zero attached hydrogens (tertiary/aromatic N) is 2. The van der Waals surface area contributed by atoms with E-state index in [0.29, 0.717) is 36.5 Å². The van der Waals surface area contributed by atoms with E-state index < -0.39 is 17.7 Å². The molecule has 8 heteroatoms. The Morgan fingerprint density at radius 2 is 1.97 bits per heavy atom. The van der Waals surface area contributed by atoms with Crippen LogP contribution in [0.1, 0.15) is 45.1 Å². The van der Waals surface area contributed by atoms with Crippen molar-refractivity contribution in [2.45, 2.75) is 63.8 Å². The van der Waals surface area contributed by atoms with Crippen LogP contribution in [0.5, 0.6) is 0 Å². The van der Waals surface area contributed by atoms with Crippen LogP contribution in [0.3, 0.4) is 0 Å². The van der Waals surface area contributed by atoms with Crippen molar-refractivity contribution in [2.75, 3.05) is 13.1 Å². The number of carbonyl (C=O) groups is 4. The molecule has 3 atom stereocenters. The number of benzene rings is 1. The second kappa shape index (κ2) is 8.98. The van der Waals surface area contributed by atoms with Gasteiger partial charge in [0.15, 0.2) is 11.4 Å². The Morgan fingerprint density at radius 3 is 2.66 bits per heavy atom. The number of rotatable bonds is 7. The summed E-state index contributed by atoms with van der Waals surface area (Å²) in [7, 11) is 0. The molecule has 1 heterocycles. The third kappa shape index (κ3) is 4.49. The normalized spacial score (nSPS) is 26.1. The van der Waals surface area contributed by atoms with Crippen molar-refractivity contribution in [1.29, 1.82) is 0 Å². The maximum absolute atomic E-state index is 13.5. The second-order valence-electron chi connectivity index (χ2n) is 10.1. The molecule has 3 aliphatic carbocycles. The Kier molecular flexibility index (Phi) is 5.99. The van der Waals surface area contributed by atoms with E-state index in [1.54, 1.807) is 12.2 Å². The van der Waals surface area contributed by atoms with E-state index in [1.807, 2.05) is 35.2 Å². The van der Waals surface area contributed by atoms with Crippen LogP contribution in [0.25, 0.3) is 0 Å². The van der Waals surface area contributed by atoms with E-state index in [2.05, 4.69) is 12.2 Å². The molecule has 3 amide bonds. The fourth-order valence-electron chi connectivity index (χ4n) is 5.53. The highest BCUT2D eigenvalue weighted by molar-refractivity contribution is 6.05. The van der Waals surface area contributed by atoms with Crippen molar-refractivity contribution in [3.63, 3.8) is 0 Å². The minimum absolute atomic E-state index is 0.0563. The van der Waals surface area contributed by atoms with Gasteiger partial charge in [0.05, 0.1) is 6.54 Å². The highest BCUT2D eigenvalue weighted by Gasteiger charge is 2.53. The molecule has 35 heavy (non-hydrogen) atoms. The number of ketones is 1. The SMILES string of the molecule is CC(=O)NC1C=CC2=C(CC[C@@]23CN(CC(=O)N(Cc2ccccc2)[C@@H](C)C2CC2)C(=O)O3)C1=O. The van der Waals surface area contributed by atoms with Crippen LogP contribution < -0.4 is 5.32 Å². The van der Waals surface area contributed by atoms with Crippen LogP contribution in [-0.2, 0) is 25.7 Å². The molecule has 4 aliphatic rings. The molecule has 1 aromatic carbocycles. The number of carbonyl (C=O) groups excluding carboxylic acids is 4. The van der Waals surface area contributed by atoms with Gasteiger partial charge >= 0.3 is 6.09 Å². The fraction of sp³-hybridized carbons (Fsp3) is 0.481. The van der Waals surface area contributed by atoms with Gasteiger partial charge < -0.3 is 15.0 Å². The molecule has 8 nitrogen and oxygen atoms in total. The molecule has 1 aliphatic heterocycles. The van der Waals surface area contributed by atoms with Crippen LogP contribution in [-0.4, -0.2) is 64.3 Å². The minimum Gasteiger partial charge on any atom is -0.436 e. The van der Waals surface area contributed by atoms with Crippen LogP contribution in [0.15, 0.2) is 53.6 Å². The highest BCUT2D eigenvalue weighted by Crippen LogP contribution is 2.45. The van der Waals surface area contributed by atoms with Gasteiger partial charge in [-0.2, -0.15) is 0 Å². The Bertz CT molecular complexity index is 1120. The molecule has 5 rings (SSSR count). The molecule has 2 fully saturated rings. The summed E-state index contributed by atoms with van der Waals surface area (Å²) in [5, 5.41) is 2.65. The van der Waals surface area contributed by atoms with Crippen LogP contribution in [0.4, 0.5) is 4.79 Å². The molecular formula is C27H31N3O5. The van der Waals surface area contributed by atoms with E-state index in [-0.39, 0.29) is 36.7 Å². The molecule has 1 saturated heterocycles. The van der Waals surface area contributed by atoms with Gasteiger partial charge in [0.25, 0.3) is 0 Å². The third-order valence-corrected chi connectivity index (χ3v) is 7.61. The number of ether oxygens (including phenoxy) is 1. The number of amides is 3. The molecule has 0 aromatic heterocycles. The summed E-state index contributed by atoms with van der Waals surface area (Å²) in [6.45, 7) is 4.14. The van der Waals surface area contributed by atoms with Crippen molar-refractivity contribution >= 4 is 23.7 Å². The predicted molar refractivity (Wildman–Crippen MR) is 128 cm³/mol. The highest BCUT2D eigenvalue weighted by atomic mass is 16.6. The van der Waals surface area contributed by atoms with Crippen LogP contribution >= 0.6 is 0 Å². The summed E-state index contributed by atoms with van der Waals surface area (Å²) in [6.07, 6.45) is 6.11. The summed E-state index contributed by atoms with van der Waals surface area (Å²) < 4.78 is 5.84. The zero-order chi connectivity index (χ0) is 24.7. The minimum atomic E-state index is -0.924. The Morgan fingerprint density at radius 1 is 1.23 bits per heavy atom. The first-order chi connectivity index (χ1) is 16.8. The monoisotopic (exact) mass is 477 g/mol. The summed E-state index contributed by atoms with van der Waals surface area (Å²) in [5.41, 5.74) is 1.42. The summed E-state index contributed by atoms with van der Waals surface area (Å²) in [5.74, 6) is -0.0397. The molecule has 1 aromatic rings. The largest absolute Gasteiger partial charge is 0.436 e. The standard InChI is InChI=1S/C27H31N3O5/c1-17(20-8-9-20)30(14-19-6-4-3-5-7-19)24(32)15-29-16-27(35-26(29)34)13-12-21-22(27)10-11-23(25(21)33)28-18(2)31/h3-7,10-11,17,20,23H,8-9,12-16H2,1-2H3,(H,28,31)/t17-,23?,27+/m0/s1. The van der Waals surface area contributed by atoms with E-state index in [9.17, 15) is 19.2 Å². The van der Waals surface area contributed by atoms with Gasteiger partial charge in [-0.3, -0.25) is 19.3 Å². The lowest BCUT2D eigenvalue weighted by Gasteiger charge is -2.31. The number of hydrogen-bond donors (Lipinski definition) is 1. The summed E-state index contributed by atoms with van der Waals surface area (Å²) >= 11 is 0. The molecule has 1 unspecified atom stereocenters. The van der Waals surface area contributed by atoms with Gasteiger partial charge in [0.2, 0.25) is 11.8 Å². The molecular weight excluding hydrogens is 446 g/mol. The molecule has 1 saturated carbocycles. The van der Waals surface area contributed by atoms with Crippen molar-refractivity contribution in [3.8, 4) is 0 Å². The van der Waals surface area contributed by atoms with Crippen molar-refractivity contribution in [1.82, 2.24) is 15.1 Å². The number of hydrogen-bond acceptors (Lipinski definition) is 5. The first-order valence-corrected chi connectivity index (χ1v) is 12.3. The zero-order valence-electron chi connectivity index (χ0n) is 20.2. The lowest BCUT2D eigenvalue weighted by Crippen LogP contribution is -2.46. The Hall–Kier alpha value is -3.42. The van der Waals surface area contributed by atoms with Gasteiger partial charge in [-0.25, -0.2) is 4.79 Å². The van der Waals surface area contributed by atoms with Gasteiger partial charge in [0, 0.05) is 30.7 Å². The lowest BCUT2D eigenvalue weighted by molar-refractivity contribution is -0.135. The summed E-state index contributed by atoms with van der Waals surface area (Å²) in [4.78, 5) is 54.0. The van der Waals surface area contributed by atoms with Crippen LogP contribution in [0.2, 0.25) is 0 Å². The van der Waals surface area contributed by atoms with Crippen molar-refractivity contribution in [3.05, 3.63) is 59.2 Å². The smallest absolute Gasteiger partial charge is 0.411 e. The average Bonchev–Trinajstić information content (AvgIpc) is 3.55. The average molecular weight is 478 g/mol. The zero-order valence-corrected chi connectivity index (χ0v) is 20.2. The third-order valence-electron chi connectivity index (χ3n) is 7.61. The van der Waals surface area contributed by atoms with Crippen LogP contribution in [0, 0.1) is 5.92 Å². The molecule has 1 spiro atoms. The number of fused-ring (bicyclic) bond motifs is 1. The maximum atomic E-state index is 13.5. The number of nitrogens with one attached hydrogen (secondary N) is 1. The van der Waals surface area contributed by atoms with Gasteiger partial charge in [-0.15, -0.1) is 0 Å². The molecule has 0 bridgehead atoms. The van der Waals surface area contributed by atoms with Gasteiger partial charge in [-0.05, 0) is 44.1 Å². The van der Waals surface area contributed by atoms with Crippen molar-refractivity contribution in [2.24, 2.45) is 5.92 Å². The maximum Gasteiger partial charge on any atom is 0.411 e. The molecule has 1 N–H and O–H groups in total. The topological polar surface area (TPSA) is 96.0 Å². The lowest BCUT2D eigenvalue weighted by atomic mass is 9.89. The number of Topliss-reactive ketones (excluding diaryl/α,β-unsaturated/α-hetero) is 1. The second-order valence-corrected chi connectivity index (χ2v) is 10.1. The van der Waals surface area contributed by atoms with E-state index in [1.165, 1.54) is 11.8 Å². The molecule has 0 radical (unpaired) electrons. The van der Waals surface area contributed by atoms with E-state index >= 15 is 0 Å². The first-order valence-electron chi connectivity index (χ1n) is 12.3. The quantitative estimate of drug-likeness (QED) is 0.652. The Labute approximate surface area is 205 Å². The molecule has 184 valence electrons. The first kappa shape index (κ1) is 23.3. The Balaban J connectivity index is 1.31. The van der Waals surface area contributed by atoms with Gasteiger partial charge in [0.1, 0.15) is 12.6 Å².